The van der Waals surface area contributed by atoms with Crippen LogP contribution in [0, 0.1) is 0 Å². The molecule has 1 radical (unpaired) electrons. The molecule has 0 amide bonds. The molecule has 3 aliphatic heterocycles. The molecule has 12 rings (SSSR count). The normalized spacial score (nSPS) is 13.0. The van der Waals surface area contributed by atoms with Crippen LogP contribution >= 0.6 is 10.6 Å². The van der Waals surface area contributed by atoms with Gasteiger partial charge in [0.05, 0.1) is 45.9 Å². The minimum atomic E-state index is -3.92. The largest absolute Gasteiger partial charge is 2.00 e. The standard InChI is InChI=1S/C32H16N8.2C13H21NO2S.C2H6O3S.CH4O3S.CH4.Cu/c1-2-10-18-17(9-1)25-33-26(18)38-28-21-13-5-6-14-22(21)30(35-28)40-32-24-16-8-7-15-23(24)31(36-32)39-29-20-12-4-3-11-19(20)27(34-29)37-25;2*1-3-4-5-6-7-12-8-10-13(11-9-12)14-17(2,15)16;1-6(2)4-3-5-6;1-5(2,3)4;;/h1-16H;2*8-11,14H,3-7H2,1-2H3;1-2H3;1H3,(H,2,3,4);1H4;/q-2;;;;;;+2/p-1. The molecular weight excluding hydrogens is 1240 g/mol. The fourth-order valence-electron chi connectivity index (χ4n) is 9.02. The van der Waals surface area contributed by atoms with Crippen LogP contribution in [0.25, 0.3) is 89.7 Å². The molecule has 0 aliphatic carbocycles. The van der Waals surface area contributed by atoms with Crippen LogP contribution in [-0.2, 0) is 73.8 Å². The molecule has 3 aromatic heterocycles. The predicted molar refractivity (Wildman–Crippen MR) is 345 cm³/mol. The second-order valence-electron chi connectivity index (χ2n) is 20.5. The quantitative estimate of drug-likeness (QED) is 0.0443. The summed E-state index contributed by atoms with van der Waals surface area (Å²) in [7, 11) is -11.4. The van der Waals surface area contributed by atoms with Gasteiger partial charge in [0.15, 0.2) is 0 Å². The van der Waals surface area contributed by atoms with Crippen molar-refractivity contribution in [3.63, 3.8) is 0 Å². The average molecular weight is 1310 g/mol. The van der Waals surface area contributed by atoms with Crippen LogP contribution in [0.15, 0.2) is 146 Å². The Hall–Kier alpha value is -7.16. The van der Waals surface area contributed by atoms with E-state index in [1.807, 2.05) is 158 Å². The van der Waals surface area contributed by atoms with Crippen molar-refractivity contribution < 1.29 is 60.6 Å². The van der Waals surface area contributed by atoms with Crippen molar-refractivity contribution in [2.24, 2.45) is 0 Å². The molecule has 25 heteroatoms. The molecule has 3 aliphatic rings. The molecule has 0 spiro atoms. The Morgan fingerprint density at radius 2 is 0.701 bits per heavy atom. The fraction of sp³-hybridized carbons (Fsp3) is 0.290. The van der Waals surface area contributed by atoms with Crippen molar-refractivity contribution >= 4 is 96.3 Å². The summed E-state index contributed by atoms with van der Waals surface area (Å²) in [6.07, 6.45) is 18.7. The third-order valence-corrected chi connectivity index (χ3v) is 14.8. The third kappa shape index (κ3) is 20.5. The summed E-state index contributed by atoms with van der Waals surface area (Å²) in [6.45, 7) is 4.40. The van der Waals surface area contributed by atoms with Crippen molar-refractivity contribution in [1.29, 1.82) is 0 Å². The maximum Gasteiger partial charge on any atom is 2.00 e. The van der Waals surface area contributed by atoms with Gasteiger partial charge in [-0.05, 0) is 87.7 Å². The minimum Gasteiger partial charge on any atom is -0.748 e. The molecule has 2 N–H and O–H groups in total. The van der Waals surface area contributed by atoms with Gasteiger partial charge in [-0.1, -0.05) is 190 Å². The first-order valence-electron chi connectivity index (χ1n) is 27.4. The smallest absolute Gasteiger partial charge is 0.748 e. The zero-order chi connectivity index (χ0) is 60.8. The van der Waals surface area contributed by atoms with E-state index < -0.39 is 40.8 Å². The minimum absolute atomic E-state index is 0. The van der Waals surface area contributed by atoms with Crippen LogP contribution in [0.1, 0.15) is 83.8 Å². The Kier molecular flexibility index (Phi) is 24.7. The fourth-order valence-corrected chi connectivity index (χ4v) is 10.4. The Bertz CT molecular complexity index is 3890. The van der Waals surface area contributed by atoms with Gasteiger partial charge >= 0.3 is 17.1 Å². The molecule has 465 valence electrons. The summed E-state index contributed by atoms with van der Waals surface area (Å²) in [5.74, 6) is 2.21. The molecule has 8 bridgehead atoms. The summed E-state index contributed by atoms with van der Waals surface area (Å²) in [5.41, 5.74) is 9.57. The Morgan fingerprint density at radius 3 is 0.931 bits per heavy atom. The molecule has 6 aromatic carbocycles. The Morgan fingerprint density at radius 1 is 0.437 bits per heavy atom. The number of aryl methyl sites for hydroxylation is 2. The Balaban J connectivity index is 0.000000214. The molecule has 20 nitrogen and oxygen atoms in total. The van der Waals surface area contributed by atoms with E-state index in [0.29, 0.717) is 63.5 Å². The van der Waals surface area contributed by atoms with E-state index in [0.717, 1.165) is 69.2 Å². The molecule has 0 saturated carbocycles. The monoisotopic (exact) mass is 1310 g/mol. The van der Waals surface area contributed by atoms with E-state index in [4.69, 9.17) is 52.8 Å². The van der Waals surface area contributed by atoms with Gasteiger partial charge in [0.2, 0.25) is 20.0 Å². The number of rotatable bonds is 14. The number of benzene rings is 6. The van der Waals surface area contributed by atoms with Gasteiger partial charge < -0.3 is 34.5 Å². The SMILES string of the molecule is C.CCCCCCc1ccc(NS(C)(=O)=O)cc1.CCCCCCc1ccc(NS(C)(=O)=O)cc1.CS(=O)(=O)[O-].CS1(C)OOO1.[Cu+2].c1ccc2c(c1)-c1nc-2nc2[n-]c(nc3nc(nc4[n-]c(n1)c1ccccc41)-c1ccccc1-3)c1ccccc21. The van der Waals surface area contributed by atoms with Crippen LogP contribution in [0.5, 0.6) is 0 Å². The summed E-state index contributed by atoms with van der Waals surface area (Å²) in [4.78, 5) is 39.3. The van der Waals surface area contributed by atoms with Gasteiger partial charge in [-0.25, -0.2) is 35.2 Å². The molecule has 87 heavy (non-hydrogen) atoms. The van der Waals surface area contributed by atoms with Gasteiger partial charge in [0.1, 0.15) is 0 Å². The number of sulfonamides is 2. The zero-order valence-electron chi connectivity index (χ0n) is 48.5. The first-order valence-corrected chi connectivity index (χ1v) is 35.3. The molecule has 1 saturated heterocycles. The molecule has 9 aromatic rings. The number of nitrogens with zero attached hydrogens (tertiary/aromatic N) is 8. The van der Waals surface area contributed by atoms with Gasteiger partial charge in [0, 0.05) is 75.0 Å². The molecule has 0 atom stereocenters. The maximum absolute atomic E-state index is 11.0. The zero-order valence-corrected chi connectivity index (χ0v) is 52.7. The van der Waals surface area contributed by atoms with E-state index in [1.54, 1.807) is 0 Å². The summed E-state index contributed by atoms with van der Waals surface area (Å²) in [5, 5.41) is 7.55. The predicted octanol–water partition coefficient (Wildman–Crippen LogP) is 13.1. The van der Waals surface area contributed by atoms with Crippen LogP contribution in [0.3, 0.4) is 0 Å². The Labute approximate surface area is 521 Å². The van der Waals surface area contributed by atoms with Crippen LogP contribution in [0.4, 0.5) is 11.4 Å². The van der Waals surface area contributed by atoms with Gasteiger partial charge in [-0.15, -0.1) is 10.6 Å². The first-order chi connectivity index (χ1) is 40.5. The van der Waals surface area contributed by atoms with Gasteiger partial charge in [-0.2, -0.15) is 0 Å². The van der Waals surface area contributed by atoms with E-state index in [2.05, 4.69) is 37.0 Å². The van der Waals surface area contributed by atoms with Crippen molar-refractivity contribution in [2.75, 3.05) is 40.7 Å². The molecule has 1 fully saturated rings. The number of nitrogens with one attached hydrogen (secondary N) is 2. The number of hydrogen-bond acceptors (Lipinski definition) is 16. The third-order valence-electron chi connectivity index (χ3n) is 12.9. The number of aromatic nitrogens is 8. The van der Waals surface area contributed by atoms with E-state index >= 15 is 0 Å². The van der Waals surface area contributed by atoms with E-state index in [1.165, 1.54) is 62.5 Å². The average Bonchev–Trinajstić information content (AvgIpc) is 1.74. The topological polar surface area (TPSA) is 283 Å². The molecular formula is C62H71CuN10O10S4-. The van der Waals surface area contributed by atoms with Gasteiger partial charge in [-0.3, -0.25) is 9.44 Å². The van der Waals surface area contributed by atoms with Crippen molar-refractivity contribution in [3.05, 3.63) is 157 Å². The van der Waals surface area contributed by atoms with Crippen LogP contribution in [-0.4, -0.2) is 91.0 Å². The number of hydrogen-bond donors (Lipinski definition) is 2. The summed E-state index contributed by atoms with van der Waals surface area (Å²) < 4.78 is 85.2. The number of anilines is 2. The van der Waals surface area contributed by atoms with Crippen LogP contribution < -0.4 is 19.4 Å². The number of fused-ring (bicyclic) bond motifs is 20. The maximum atomic E-state index is 11.0. The van der Waals surface area contributed by atoms with Crippen molar-refractivity contribution in [2.45, 2.75) is 85.5 Å². The molecule has 6 heterocycles. The molecule has 0 unspecified atom stereocenters. The van der Waals surface area contributed by atoms with Gasteiger partial charge in [0.25, 0.3) is 0 Å². The van der Waals surface area contributed by atoms with E-state index in [9.17, 15) is 16.8 Å². The van der Waals surface area contributed by atoms with Crippen LogP contribution in [0.2, 0.25) is 0 Å². The number of unbranched alkanes of at least 4 members (excludes halogenated alkanes) is 6. The summed E-state index contributed by atoms with van der Waals surface area (Å²) >= 11 is 0. The van der Waals surface area contributed by atoms with Crippen molar-refractivity contribution in [1.82, 2.24) is 39.9 Å². The second kappa shape index (κ2) is 31.1. The summed E-state index contributed by atoms with van der Waals surface area (Å²) in [6, 6.07) is 47.0. The second-order valence-corrected chi connectivity index (χ2v) is 27.9. The van der Waals surface area contributed by atoms with E-state index in [-0.39, 0.29) is 24.5 Å². The van der Waals surface area contributed by atoms with Crippen molar-refractivity contribution in [3.8, 4) is 45.6 Å². The first kappa shape index (κ1) is 68.9.